The molecule has 0 saturated carbocycles. The van der Waals surface area contributed by atoms with Crippen LogP contribution in [0.15, 0.2) is 28.8 Å². The van der Waals surface area contributed by atoms with Crippen LogP contribution in [0.25, 0.3) is 0 Å². The monoisotopic (exact) mass is 301 g/mol. The number of halogens is 2. The van der Waals surface area contributed by atoms with Crippen molar-refractivity contribution in [1.82, 2.24) is 5.16 Å². The van der Waals surface area contributed by atoms with Crippen molar-refractivity contribution in [1.29, 1.82) is 0 Å². The van der Waals surface area contributed by atoms with E-state index in [9.17, 15) is 0 Å². The van der Waals surface area contributed by atoms with Gasteiger partial charge in [-0.05, 0) is 37.3 Å². The molecule has 0 amide bonds. The fourth-order valence-electron chi connectivity index (χ4n) is 1.29. The molecule has 7 heteroatoms. The second-order valence-corrected chi connectivity index (χ2v) is 4.78. The van der Waals surface area contributed by atoms with E-state index in [4.69, 9.17) is 39.9 Å². The number of aryl methyl sites for hydroxylation is 1. The average molecular weight is 302 g/mol. The summed E-state index contributed by atoms with van der Waals surface area (Å²) in [6, 6.07) is 6.83. The van der Waals surface area contributed by atoms with Crippen molar-refractivity contribution in [3.05, 3.63) is 40.1 Å². The SMILES string of the molecule is Cc1cc(NC(=S)Nc2ccc(Cl)cc2Cl)no1. The van der Waals surface area contributed by atoms with E-state index in [0.717, 1.165) is 0 Å². The molecule has 0 bridgehead atoms. The lowest BCUT2D eigenvalue weighted by atomic mass is 10.3. The molecule has 0 radical (unpaired) electrons. The van der Waals surface area contributed by atoms with Gasteiger partial charge in [0.05, 0.1) is 10.7 Å². The molecule has 0 atom stereocenters. The lowest BCUT2D eigenvalue weighted by Crippen LogP contribution is -2.19. The van der Waals surface area contributed by atoms with Crippen molar-refractivity contribution in [2.45, 2.75) is 6.92 Å². The molecule has 1 aromatic heterocycles. The lowest BCUT2D eigenvalue weighted by Gasteiger charge is -2.09. The predicted molar refractivity (Wildman–Crippen MR) is 77.5 cm³/mol. The highest BCUT2D eigenvalue weighted by Gasteiger charge is 2.06. The Bertz CT molecular complexity index is 585. The van der Waals surface area contributed by atoms with Gasteiger partial charge in [-0.25, -0.2) is 0 Å². The second-order valence-electron chi connectivity index (χ2n) is 3.53. The third-order valence-corrected chi connectivity index (χ3v) is 2.80. The van der Waals surface area contributed by atoms with Gasteiger partial charge >= 0.3 is 0 Å². The van der Waals surface area contributed by atoms with Crippen molar-refractivity contribution in [2.24, 2.45) is 0 Å². The number of hydrogen-bond acceptors (Lipinski definition) is 3. The molecule has 18 heavy (non-hydrogen) atoms. The molecule has 0 fully saturated rings. The maximum Gasteiger partial charge on any atom is 0.176 e. The van der Waals surface area contributed by atoms with Crippen LogP contribution in [-0.2, 0) is 0 Å². The van der Waals surface area contributed by atoms with E-state index in [1.165, 1.54) is 0 Å². The summed E-state index contributed by atoms with van der Waals surface area (Å²) in [6.45, 7) is 1.80. The number of nitrogens with one attached hydrogen (secondary N) is 2. The van der Waals surface area contributed by atoms with Crippen LogP contribution in [0.1, 0.15) is 5.76 Å². The van der Waals surface area contributed by atoms with Gasteiger partial charge in [-0.3, -0.25) is 0 Å². The third-order valence-electron chi connectivity index (χ3n) is 2.05. The van der Waals surface area contributed by atoms with Crippen molar-refractivity contribution in [2.75, 3.05) is 10.6 Å². The molecule has 94 valence electrons. The van der Waals surface area contributed by atoms with Crippen LogP contribution in [0.5, 0.6) is 0 Å². The minimum absolute atomic E-state index is 0.368. The molecule has 1 aromatic carbocycles. The summed E-state index contributed by atoms with van der Waals surface area (Å²) in [6.07, 6.45) is 0. The molecule has 0 spiro atoms. The number of benzene rings is 1. The molecule has 4 nitrogen and oxygen atoms in total. The molecule has 1 heterocycles. The van der Waals surface area contributed by atoms with Crippen LogP contribution in [0.3, 0.4) is 0 Å². The van der Waals surface area contributed by atoms with Crippen molar-refractivity contribution in [3.8, 4) is 0 Å². The summed E-state index contributed by atoms with van der Waals surface area (Å²) < 4.78 is 4.91. The maximum atomic E-state index is 6.01. The highest BCUT2D eigenvalue weighted by atomic mass is 35.5. The Morgan fingerprint density at radius 2 is 2.06 bits per heavy atom. The first-order chi connectivity index (χ1) is 8.54. The Hall–Kier alpha value is -1.30. The number of hydrogen-bond donors (Lipinski definition) is 2. The molecule has 0 aliphatic heterocycles. The molecule has 0 saturated heterocycles. The van der Waals surface area contributed by atoms with Crippen LogP contribution in [0.2, 0.25) is 10.0 Å². The molecular weight excluding hydrogens is 293 g/mol. The summed E-state index contributed by atoms with van der Waals surface area (Å²) in [5, 5.41) is 11.0. The number of rotatable bonds is 2. The van der Waals surface area contributed by atoms with Crippen molar-refractivity contribution < 1.29 is 4.52 Å². The van der Waals surface area contributed by atoms with Crippen LogP contribution in [-0.4, -0.2) is 10.3 Å². The molecule has 0 aliphatic carbocycles. The van der Waals surface area contributed by atoms with E-state index in [0.29, 0.717) is 32.4 Å². The Morgan fingerprint density at radius 3 is 2.67 bits per heavy atom. The van der Waals surface area contributed by atoms with Crippen molar-refractivity contribution >= 4 is 52.0 Å². The molecule has 0 unspecified atom stereocenters. The Labute approximate surface area is 119 Å². The van der Waals surface area contributed by atoms with Gasteiger partial charge in [-0.2, -0.15) is 0 Å². The molecular formula is C11H9Cl2N3OS. The lowest BCUT2D eigenvalue weighted by molar-refractivity contribution is 0.400. The second kappa shape index (κ2) is 5.56. The van der Waals surface area contributed by atoms with E-state index in [-0.39, 0.29) is 0 Å². The van der Waals surface area contributed by atoms with E-state index in [1.54, 1.807) is 31.2 Å². The number of nitrogens with zero attached hydrogens (tertiary/aromatic N) is 1. The van der Waals surface area contributed by atoms with Crippen LogP contribution < -0.4 is 10.6 Å². The fraction of sp³-hybridized carbons (Fsp3) is 0.0909. The first-order valence-electron chi connectivity index (χ1n) is 5.01. The van der Waals surface area contributed by atoms with Gasteiger partial charge in [0.2, 0.25) is 0 Å². The van der Waals surface area contributed by atoms with Gasteiger partial charge in [0.1, 0.15) is 5.76 Å². The number of thiocarbonyl (C=S) groups is 1. The normalized spacial score (nSPS) is 10.2. The molecule has 2 N–H and O–H groups in total. The average Bonchev–Trinajstić information content (AvgIpc) is 2.68. The van der Waals surface area contributed by atoms with E-state index < -0.39 is 0 Å². The zero-order valence-corrected chi connectivity index (χ0v) is 11.7. The Balaban J connectivity index is 2.03. The maximum absolute atomic E-state index is 6.01. The Morgan fingerprint density at radius 1 is 1.28 bits per heavy atom. The molecule has 2 aromatic rings. The number of anilines is 2. The highest BCUT2D eigenvalue weighted by Crippen LogP contribution is 2.25. The minimum atomic E-state index is 0.368. The van der Waals surface area contributed by atoms with Gasteiger partial charge in [-0.15, -0.1) is 0 Å². The standard InChI is InChI=1S/C11H9Cl2N3OS/c1-6-4-10(16-17-6)15-11(18)14-9-3-2-7(12)5-8(9)13/h2-5H,1H3,(H2,14,15,16,18). The van der Waals surface area contributed by atoms with Gasteiger partial charge in [0.15, 0.2) is 10.9 Å². The largest absolute Gasteiger partial charge is 0.360 e. The fourth-order valence-corrected chi connectivity index (χ4v) is 1.96. The smallest absolute Gasteiger partial charge is 0.176 e. The summed E-state index contributed by atoms with van der Waals surface area (Å²) in [5.74, 6) is 1.24. The van der Waals surface area contributed by atoms with E-state index in [2.05, 4.69) is 15.8 Å². The van der Waals surface area contributed by atoms with E-state index in [1.807, 2.05) is 0 Å². The van der Waals surface area contributed by atoms with E-state index >= 15 is 0 Å². The first-order valence-corrected chi connectivity index (χ1v) is 6.17. The zero-order valence-electron chi connectivity index (χ0n) is 9.33. The van der Waals surface area contributed by atoms with Gasteiger partial charge in [-0.1, -0.05) is 28.4 Å². The van der Waals surface area contributed by atoms with Crippen molar-refractivity contribution in [3.63, 3.8) is 0 Å². The van der Waals surface area contributed by atoms with Crippen LogP contribution in [0.4, 0.5) is 11.5 Å². The van der Waals surface area contributed by atoms with Crippen LogP contribution in [0, 0.1) is 6.92 Å². The summed E-state index contributed by atoms with van der Waals surface area (Å²) in [4.78, 5) is 0. The van der Waals surface area contributed by atoms with Crippen LogP contribution >= 0.6 is 35.4 Å². The van der Waals surface area contributed by atoms with Gasteiger partial charge < -0.3 is 15.2 Å². The molecule has 0 aliphatic rings. The third kappa shape index (κ3) is 3.35. The Kier molecular flexibility index (Phi) is 4.06. The minimum Gasteiger partial charge on any atom is -0.360 e. The van der Waals surface area contributed by atoms with Gasteiger partial charge in [0.25, 0.3) is 0 Å². The summed E-state index contributed by atoms with van der Waals surface area (Å²) in [7, 11) is 0. The van der Waals surface area contributed by atoms with Gasteiger partial charge in [0, 0.05) is 11.1 Å². The first kappa shape index (κ1) is 13.1. The zero-order chi connectivity index (χ0) is 13.1. The quantitative estimate of drug-likeness (QED) is 0.818. The molecule has 2 rings (SSSR count). The summed E-state index contributed by atoms with van der Waals surface area (Å²) in [5.41, 5.74) is 0.666. The summed E-state index contributed by atoms with van der Waals surface area (Å²) >= 11 is 16.9. The number of aromatic nitrogens is 1. The predicted octanol–water partition coefficient (Wildman–Crippen LogP) is 4.10. The topological polar surface area (TPSA) is 50.1 Å². The highest BCUT2D eigenvalue weighted by molar-refractivity contribution is 7.80.